The van der Waals surface area contributed by atoms with Crippen LogP contribution in [-0.4, -0.2) is 53.1 Å². The maximum atomic E-state index is 14.4. The van der Waals surface area contributed by atoms with Crippen molar-refractivity contribution in [3.8, 4) is 28.5 Å². The summed E-state index contributed by atoms with van der Waals surface area (Å²) in [5.41, 5.74) is 9.55. The Morgan fingerprint density at radius 2 is 1.82 bits per heavy atom. The molecule has 6 rings (SSSR count). The number of nitrogens with zero attached hydrogens (tertiary/aromatic N) is 7. The van der Waals surface area contributed by atoms with Gasteiger partial charge >= 0.3 is 0 Å². The molecule has 0 spiro atoms. The highest BCUT2D eigenvalue weighted by Gasteiger charge is 2.30. The lowest BCUT2D eigenvalue weighted by atomic mass is 10.1. The van der Waals surface area contributed by atoms with Gasteiger partial charge in [0.15, 0.2) is 5.65 Å². The zero-order chi connectivity index (χ0) is 30.8. The minimum Gasteiger partial charge on any atom is -0.489 e. The first-order valence-electron chi connectivity index (χ1n) is 14.2. The number of anilines is 1. The van der Waals surface area contributed by atoms with Crippen LogP contribution in [0.3, 0.4) is 0 Å². The third-order valence-electron chi connectivity index (χ3n) is 7.39. The van der Waals surface area contributed by atoms with Gasteiger partial charge in [-0.05, 0) is 51.0 Å². The average Bonchev–Trinajstić information content (AvgIpc) is 3.62. The van der Waals surface area contributed by atoms with E-state index >= 15 is 0 Å². The number of rotatable bonds is 9. The molecule has 4 heterocycles. The number of ether oxygens (including phenoxy) is 2. The molecule has 2 N–H and O–H groups in total. The molecule has 0 aliphatic carbocycles. The fourth-order valence-corrected chi connectivity index (χ4v) is 5.25. The number of carbonyl (C=O) groups excluding carboxylic acids is 1. The van der Waals surface area contributed by atoms with Crippen LogP contribution in [0.25, 0.3) is 22.3 Å². The Labute approximate surface area is 253 Å². The van der Waals surface area contributed by atoms with E-state index < -0.39 is 5.82 Å². The number of halogens is 1. The number of benzene rings is 2. The van der Waals surface area contributed by atoms with E-state index in [0.717, 1.165) is 24.0 Å². The maximum Gasteiger partial charge on any atom is 0.249 e. The Morgan fingerprint density at radius 3 is 2.57 bits per heavy atom. The van der Waals surface area contributed by atoms with Crippen LogP contribution in [0.2, 0.25) is 0 Å². The highest BCUT2D eigenvalue weighted by atomic mass is 19.1. The Bertz CT molecular complexity index is 1840. The Morgan fingerprint density at radius 1 is 1.07 bits per heavy atom. The largest absolute Gasteiger partial charge is 0.489 e. The summed E-state index contributed by atoms with van der Waals surface area (Å²) in [6.45, 7) is 8.68. The van der Waals surface area contributed by atoms with Gasteiger partial charge in [-0.15, -0.1) is 0 Å². The quantitative estimate of drug-likeness (QED) is 0.227. The maximum absolute atomic E-state index is 14.4. The number of fused-ring (bicyclic) bond motifs is 1. The van der Waals surface area contributed by atoms with E-state index in [1.807, 2.05) is 17.0 Å². The second kappa shape index (κ2) is 12.1. The van der Waals surface area contributed by atoms with E-state index in [4.69, 9.17) is 20.3 Å². The van der Waals surface area contributed by atoms with Crippen LogP contribution in [0.5, 0.6) is 17.2 Å². The van der Waals surface area contributed by atoms with E-state index in [1.54, 1.807) is 49.1 Å². The van der Waals surface area contributed by atoms with Crippen LogP contribution >= 0.6 is 0 Å². The predicted molar refractivity (Wildman–Crippen MR) is 162 cm³/mol. The first-order chi connectivity index (χ1) is 21.2. The number of nitrogen functional groups attached to an aromatic ring is 1. The molecule has 5 aromatic rings. The number of hydrogen-bond donors (Lipinski definition) is 1. The van der Waals surface area contributed by atoms with Crippen molar-refractivity contribution in [1.29, 1.82) is 0 Å². The molecule has 1 aliphatic heterocycles. The Hall–Kier alpha value is -5.39. The number of aromatic nitrogens is 6. The van der Waals surface area contributed by atoms with E-state index in [2.05, 4.69) is 26.5 Å². The van der Waals surface area contributed by atoms with Gasteiger partial charge in [0.25, 0.3) is 0 Å². The molecule has 0 bridgehead atoms. The van der Waals surface area contributed by atoms with Crippen molar-refractivity contribution in [2.75, 3.05) is 12.3 Å². The average molecular weight is 595 g/mol. The standard InChI is InChI=1S/C32H31FN8O3/c1-19(2)32(42)40-10-4-5-24(40)16-41-31-28(30(34)37-18-38-31)29(39-41)22-6-8-25(9-7-22)44-27-12-23(33)11-26(13-27)43-17-21-14-35-20(3)36-15-21/h6-9,11-15,18,24H,1,4-5,10,16-17H2,2-3H3,(H2,34,37,38)/t24-/m1/s1. The van der Waals surface area contributed by atoms with Gasteiger partial charge in [-0.25, -0.2) is 29.0 Å². The summed E-state index contributed by atoms with van der Waals surface area (Å²) in [5.74, 6) is 1.51. The first-order valence-corrected chi connectivity index (χ1v) is 14.2. The molecular formula is C32H31FN8O3. The van der Waals surface area contributed by atoms with E-state index in [9.17, 15) is 9.18 Å². The van der Waals surface area contributed by atoms with Crippen molar-refractivity contribution in [2.45, 2.75) is 45.9 Å². The normalized spacial score (nSPS) is 14.6. The predicted octanol–water partition coefficient (Wildman–Crippen LogP) is 5.25. The van der Waals surface area contributed by atoms with Gasteiger partial charge in [-0.3, -0.25) is 4.79 Å². The second-order valence-corrected chi connectivity index (χ2v) is 10.7. The summed E-state index contributed by atoms with van der Waals surface area (Å²) >= 11 is 0. The SMILES string of the molecule is C=C(C)C(=O)N1CCC[C@@H]1Cn1nc(-c2ccc(Oc3cc(F)cc(OCc4cnc(C)nc4)c3)cc2)c2c(N)ncnc21. The van der Waals surface area contributed by atoms with Crippen LogP contribution in [0, 0.1) is 12.7 Å². The minimum absolute atomic E-state index is 0.0347. The summed E-state index contributed by atoms with van der Waals surface area (Å²) < 4.78 is 27.9. The third kappa shape index (κ3) is 6.05. The van der Waals surface area contributed by atoms with Gasteiger partial charge in [0.1, 0.15) is 53.3 Å². The molecule has 44 heavy (non-hydrogen) atoms. The van der Waals surface area contributed by atoms with Crippen molar-refractivity contribution >= 4 is 22.8 Å². The highest BCUT2D eigenvalue weighted by molar-refractivity contribution is 5.98. The molecule has 1 amide bonds. The molecule has 224 valence electrons. The van der Waals surface area contributed by atoms with Crippen molar-refractivity contribution < 1.29 is 18.7 Å². The first kappa shape index (κ1) is 28.7. The Kier molecular flexibility index (Phi) is 7.88. The summed E-state index contributed by atoms with van der Waals surface area (Å²) in [6, 6.07) is 11.4. The molecule has 1 saturated heterocycles. The van der Waals surface area contributed by atoms with Crippen LogP contribution < -0.4 is 15.2 Å². The molecule has 2 aromatic carbocycles. The lowest BCUT2D eigenvalue weighted by molar-refractivity contribution is -0.128. The minimum atomic E-state index is -0.493. The number of likely N-dealkylation sites (tertiary alicyclic amines) is 1. The van der Waals surface area contributed by atoms with Crippen molar-refractivity contribution in [2.24, 2.45) is 0 Å². The van der Waals surface area contributed by atoms with Crippen molar-refractivity contribution in [3.63, 3.8) is 0 Å². The van der Waals surface area contributed by atoms with Crippen molar-refractivity contribution in [1.82, 2.24) is 34.6 Å². The van der Waals surface area contributed by atoms with Crippen molar-refractivity contribution in [3.05, 3.63) is 90.5 Å². The van der Waals surface area contributed by atoms with Gasteiger partial charge in [0.2, 0.25) is 5.91 Å². The Balaban J connectivity index is 1.21. The molecule has 0 radical (unpaired) electrons. The van der Waals surface area contributed by atoms with Crippen LogP contribution in [-0.2, 0) is 17.9 Å². The molecule has 1 aliphatic rings. The highest BCUT2D eigenvalue weighted by Crippen LogP contribution is 2.34. The molecule has 3 aromatic heterocycles. The van der Waals surface area contributed by atoms with E-state index in [1.165, 1.54) is 18.5 Å². The lowest BCUT2D eigenvalue weighted by Gasteiger charge is -2.24. The van der Waals surface area contributed by atoms with Gasteiger partial charge in [0, 0.05) is 53.8 Å². The van der Waals surface area contributed by atoms with Gasteiger partial charge in [-0.2, -0.15) is 5.10 Å². The second-order valence-electron chi connectivity index (χ2n) is 10.7. The van der Waals surface area contributed by atoms with Crippen LogP contribution in [0.1, 0.15) is 31.2 Å². The number of hydrogen-bond acceptors (Lipinski definition) is 9. The molecule has 12 heteroatoms. The summed E-state index contributed by atoms with van der Waals surface area (Å²) in [7, 11) is 0. The fourth-order valence-electron chi connectivity index (χ4n) is 5.25. The van der Waals surface area contributed by atoms with Crippen LogP contribution in [0.4, 0.5) is 10.2 Å². The lowest BCUT2D eigenvalue weighted by Crippen LogP contribution is -2.38. The van der Waals surface area contributed by atoms with Crippen LogP contribution in [0.15, 0.2) is 73.3 Å². The van der Waals surface area contributed by atoms with E-state index in [0.29, 0.717) is 58.5 Å². The third-order valence-corrected chi connectivity index (χ3v) is 7.39. The molecule has 0 unspecified atom stereocenters. The smallest absolute Gasteiger partial charge is 0.249 e. The van der Waals surface area contributed by atoms with Gasteiger partial charge < -0.3 is 20.1 Å². The number of nitrogens with two attached hydrogens (primary N) is 1. The topological polar surface area (TPSA) is 134 Å². The van der Waals surface area contributed by atoms with Gasteiger partial charge in [0.05, 0.1) is 18.0 Å². The molecule has 1 fully saturated rings. The number of carbonyl (C=O) groups is 1. The molecule has 0 saturated carbocycles. The monoisotopic (exact) mass is 594 g/mol. The zero-order valence-corrected chi connectivity index (χ0v) is 24.4. The summed E-state index contributed by atoms with van der Waals surface area (Å²) in [6.07, 6.45) is 6.51. The summed E-state index contributed by atoms with van der Waals surface area (Å²) in [4.78, 5) is 31.5. The molecule has 11 nitrogen and oxygen atoms in total. The summed E-state index contributed by atoms with van der Waals surface area (Å²) in [5, 5.41) is 5.50. The molecular weight excluding hydrogens is 563 g/mol. The number of amides is 1. The zero-order valence-electron chi connectivity index (χ0n) is 24.4. The van der Waals surface area contributed by atoms with E-state index in [-0.39, 0.29) is 24.3 Å². The van der Waals surface area contributed by atoms with Gasteiger partial charge in [-0.1, -0.05) is 6.58 Å². The fraction of sp³-hybridized carbons (Fsp3) is 0.250. The molecule has 1 atom stereocenters. The number of aryl methyl sites for hydroxylation is 1.